The predicted molar refractivity (Wildman–Crippen MR) is 126 cm³/mol. The Morgan fingerprint density at radius 3 is 2.00 bits per heavy atom. The van der Waals surface area contributed by atoms with Crippen LogP contribution in [0.2, 0.25) is 0 Å². The smallest absolute Gasteiger partial charge is 0.225 e. The number of nitrogens with one attached hydrogen (secondary N) is 1. The zero-order chi connectivity index (χ0) is 27.2. The molecule has 210 valence electrons. The average Bonchev–Trinajstić information content (AvgIpc) is 2.81. The van der Waals surface area contributed by atoms with Crippen molar-refractivity contribution in [3.63, 3.8) is 0 Å². The first-order valence-electron chi connectivity index (χ1n) is 12.6. The first-order valence-corrected chi connectivity index (χ1v) is 12.6. The van der Waals surface area contributed by atoms with Crippen LogP contribution in [0.5, 0.6) is 0 Å². The summed E-state index contributed by atoms with van der Waals surface area (Å²) < 4.78 is 17.0. The molecule has 12 heteroatoms. The minimum Gasteiger partial charge on any atom is -0.394 e. The number of hydrogen-bond acceptors (Lipinski definition) is 11. The van der Waals surface area contributed by atoms with E-state index < -0.39 is 74.4 Å². The molecule has 10 atom stereocenters. The fourth-order valence-electron chi connectivity index (χ4n) is 5.72. The monoisotopic (exact) mass is 520 g/mol. The summed E-state index contributed by atoms with van der Waals surface area (Å²) in [7, 11) is 2.05. The highest BCUT2D eigenvalue weighted by molar-refractivity contribution is 5.79. The second kappa shape index (κ2) is 11.0. The molecule has 3 rings (SSSR count). The number of hydrogen-bond donors (Lipinski definition) is 7. The molecule has 7 N–H and O–H groups in total. The van der Waals surface area contributed by atoms with Crippen molar-refractivity contribution in [2.45, 2.75) is 114 Å². The molecule has 0 spiro atoms. The number of aliphatic hydroxyl groups is 6. The van der Waals surface area contributed by atoms with Crippen molar-refractivity contribution in [3.05, 3.63) is 0 Å². The highest BCUT2D eigenvalue weighted by Crippen LogP contribution is 2.40. The second-order valence-corrected chi connectivity index (χ2v) is 11.7. The fraction of sp³-hybridized carbons (Fsp3) is 0.958. The van der Waals surface area contributed by atoms with Crippen LogP contribution in [-0.2, 0) is 19.0 Å². The standard InChI is InChI=1S/C24H44N2O10/c1-11-15(29)19(36-22-18(32)17(31)16(30)13(9-27)35-22)14(10-28)34-21(11)25-20(33)12-7-23(2,3)26(6)24(4,5)8-12/h11-19,21-22,27-32H,7-10H2,1-6H3,(H,25,33)/t11?,13?,14?,15-,16-,17?,18?,19+,21-,22?/m1/s1. The van der Waals surface area contributed by atoms with Crippen molar-refractivity contribution in [2.75, 3.05) is 20.3 Å². The molecule has 0 saturated carbocycles. The van der Waals surface area contributed by atoms with Crippen LogP contribution in [0.1, 0.15) is 47.5 Å². The summed E-state index contributed by atoms with van der Waals surface area (Å²) in [5.41, 5.74) is -0.388. The van der Waals surface area contributed by atoms with Gasteiger partial charge in [0.25, 0.3) is 0 Å². The van der Waals surface area contributed by atoms with Crippen LogP contribution in [0.15, 0.2) is 0 Å². The van der Waals surface area contributed by atoms with Gasteiger partial charge in [0.2, 0.25) is 5.91 Å². The van der Waals surface area contributed by atoms with Gasteiger partial charge in [0.15, 0.2) is 6.29 Å². The molecular formula is C24H44N2O10. The zero-order valence-electron chi connectivity index (χ0n) is 21.9. The predicted octanol–water partition coefficient (Wildman–Crippen LogP) is -2.10. The van der Waals surface area contributed by atoms with Gasteiger partial charge in [0.1, 0.15) is 42.9 Å². The molecule has 3 heterocycles. The molecule has 6 unspecified atom stereocenters. The average molecular weight is 521 g/mol. The lowest BCUT2D eigenvalue weighted by Gasteiger charge is -2.53. The summed E-state index contributed by atoms with van der Waals surface area (Å²) in [6.07, 6.45) is -10.7. The van der Waals surface area contributed by atoms with E-state index >= 15 is 0 Å². The van der Waals surface area contributed by atoms with Crippen molar-refractivity contribution in [2.24, 2.45) is 11.8 Å². The largest absolute Gasteiger partial charge is 0.394 e. The van der Waals surface area contributed by atoms with Crippen LogP contribution in [0.4, 0.5) is 0 Å². The van der Waals surface area contributed by atoms with Gasteiger partial charge in [-0.05, 0) is 47.6 Å². The van der Waals surface area contributed by atoms with Crippen LogP contribution in [0, 0.1) is 11.8 Å². The van der Waals surface area contributed by atoms with Crippen LogP contribution < -0.4 is 5.32 Å². The van der Waals surface area contributed by atoms with Crippen molar-refractivity contribution in [1.82, 2.24) is 10.2 Å². The third-order valence-corrected chi connectivity index (χ3v) is 8.32. The summed E-state index contributed by atoms with van der Waals surface area (Å²) in [4.78, 5) is 15.5. The Hall–Kier alpha value is -0.930. The maximum absolute atomic E-state index is 13.3. The summed E-state index contributed by atoms with van der Waals surface area (Å²) >= 11 is 0. The summed E-state index contributed by atoms with van der Waals surface area (Å²) in [5.74, 6) is -1.12. The van der Waals surface area contributed by atoms with Gasteiger partial charge in [0.05, 0.1) is 19.3 Å². The Bertz CT molecular complexity index is 745. The maximum atomic E-state index is 13.3. The molecule has 3 aliphatic rings. The first-order chi connectivity index (χ1) is 16.6. The lowest BCUT2D eigenvalue weighted by atomic mass is 9.73. The van der Waals surface area contributed by atoms with E-state index in [1.807, 2.05) is 0 Å². The quantitative estimate of drug-likeness (QED) is 0.204. The Labute approximate surface area is 212 Å². The molecule has 3 fully saturated rings. The molecule has 0 aliphatic carbocycles. The number of ether oxygens (including phenoxy) is 3. The zero-order valence-corrected chi connectivity index (χ0v) is 21.9. The molecular weight excluding hydrogens is 476 g/mol. The van der Waals surface area contributed by atoms with E-state index in [9.17, 15) is 35.4 Å². The van der Waals surface area contributed by atoms with Gasteiger partial charge in [-0.1, -0.05) is 6.92 Å². The molecule has 0 radical (unpaired) electrons. The molecule has 36 heavy (non-hydrogen) atoms. The van der Waals surface area contributed by atoms with Gasteiger partial charge in [-0.15, -0.1) is 0 Å². The van der Waals surface area contributed by atoms with Gasteiger partial charge in [-0.2, -0.15) is 0 Å². The van der Waals surface area contributed by atoms with Crippen LogP contribution in [-0.4, -0.2) is 128 Å². The van der Waals surface area contributed by atoms with E-state index in [1.165, 1.54) is 0 Å². The lowest BCUT2D eigenvalue weighted by molar-refractivity contribution is -0.339. The Kier molecular flexibility index (Phi) is 9.09. The SMILES string of the molecule is CC1[C@H](NC(=O)C2CC(C)(C)N(C)C(C)(C)C2)OC(CO)[C@H](OC2OC(CO)[C@@H](O)C(O)C2O)[C@@H]1O. The summed E-state index contributed by atoms with van der Waals surface area (Å²) in [6.45, 7) is 8.86. The number of amides is 1. The van der Waals surface area contributed by atoms with Gasteiger partial charge >= 0.3 is 0 Å². The van der Waals surface area contributed by atoms with Crippen LogP contribution in [0.25, 0.3) is 0 Å². The maximum Gasteiger partial charge on any atom is 0.225 e. The number of nitrogens with zero attached hydrogens (tertiary/aromatic N) is 1. The second-order valence-electron chi connectivity index (χ2n) is 11.7. The Morgan fingerprint density at radius 2 is 1.47 bits per heavy atom. The van der Waals surface area contributed by atoms with E-state index in [2.05, 4.69) is 45.0 Å². The van der Waals surface area contributed by atoms with E-state index in [1.54, 1.807) is 6.92 Å². The summed E-state index contributed by atoms with van der Waals surface area (Å²) in [6, 6.07) is 0. The van der Waals surface area contributed by atoms with Gasteiger partial charge in [-0.3, -0.25) is 9.69 Å². The highest BCUT2D eigenvalue weighted by Gasteiger charge is 2.51. The molecule has 1 amide bonds. The van der Waals surface area contributed by atoms with Gasteiger partial charge in [-0.25, -0.2) is 0 Å². The van der Waals surface area contributed by atoms with Gasteiger partial charge < -0.3 is 50.2 Å². The third-order valence-electron chi connectivity index (χ3n) is 8.32. The van der Waals surface area contributed by atoms with Crippen molar-refractivity contribution in [1.29, 1.82) is 0 Å². The van der Waals surface area contributed by atoms with Crippen molar-refractivity contribution in [3.8, 4) is 0 Å². The molecule has 12 nitrogen and oxygen atoms in total. The number of likely N-dealkylation sites (tertiary alicyclic amines) is 1. The molecule has 0 aromatic rings. The molecule has 0 bridgehead atoms. The molecule has 3 saturated heterocycles. The van der Waals surface area contributed by atoms with E-state index in [0.717, 1.165) is 0 Å². The van der Waals surface area contributed by atoms with Crippen LogP contribution in [0.3, 0.4) is 0 Å². The van der Waals surface area contributed by atoms with Crippen molar-refractivity contribution >= 4 is 5.91 Å². The normalized spacial score (nSPS) is 43.8. The first kappa shape index (κ1) is 29.6. The minimum absolute atomic E-state index is 0.194. The number of piperidine rings is 1. The van der Waals surface area contributed by atoms with Gasteiger partial charge in [0, 0.05) is 22.9 Å². The third kappa shape index (κ3) is 5.73. The van der Waals surface area contributed by atoms with E-state index in [0.29, 0.717) is 12.8 Å². The molecule has 3 aliphatic heterocycles. The van der Waals surface area contributed by atoms with E-state index in [-0.39, 0.29) is 22.9 Å². The Balaban J connectivity index is 1.69. The highest BCUT2D eigenvalue weighted by atomic mass is 16.7. The Morgan fingerprint density at radius 1 is 0.917 bits per heavy atom. The lowest BCUT2D eigenvalue weighted by Crippen LogP contribution is -2.65. The molecule has 0 aromatic carbocycles. The number of rotatable bonds is 6. The van der Waals surface area contributed by atoms with Crippen LogP contribution >= 0.6 is 0 Å². The molecule has 0 aromatic heterocycles. The number of carbonyl (C=O) groups is 1. The van der Waals surface area contributed by atoms with Crippen molar-refractivity contribution < 1.29 is 49.6 Å². The number of carbonyl (C=O) groups excluding carboxylic acids is 1. The summed E-state index contributed by atoms with van der Waals surface area (Å²) in [5, 5.41) is 63.6. The fourth-order valence-corrected chi connectivity index (χ4v) is 5.72. The topological polar surface area (TPSA) is 181 Å². The minimum atomic E-state index is -1.67. The number of aliphatic hydroxyl groups excluding tert-OH is 6. The van der Waals surface area contributed by atoms with E-state index in [4.69, 9.17) is 14.2 Å².